The standard InChI is InChI=1S/C18H26N2O2S/c1-22-14-16-6-4-15(5-7-16)13-20-8-2-3-17(20)18(21)19-9-11-23-12-10-19/h4-7,17H,2-3,8-14H2,1H3/t17-/m0/s1. The molecule has 0 saturated carbocycles. The molecule has 1 amide bonds. The number of rotatable bonds is 5. The fourth-order valence-corrected chi connectivity index (χ4v) is 4.33. The molecular formula is C18H26N2O2S. The molecule has 1 aromatic rings. The molecule has 2 aliphatic heterocycles. The van der Waals surface area contributed by atoms with Crippen LogP contribution in [0.25, 0.3) is 0 Å². The minimum absolute atomic E-state index is 0.0803. The van der Waals surface area contributed by atoms with E-state index in [0.29, 0.717) is 12.5 Å². The summed E-state index contributed by atoms with van der Waals surface area (Å²) in [5, 5.41) is 0. The van der Waals surface area contributed by atoms with E-state index in [1.54, 1.807) is 7.11 Å². The fourth-order valence-electron chi connectivity index (χ4n) is 3.43. The second-order valence-electron chi connectivity index (χ2n) is 6.32. The van der Waals surface area contributed by atoms with Gasteiger partial charge in [-0.3, -0.25) is 9.69 Å². The number of ether oxygens (including phenoxy) is 1. The number of benzene rings is 1. The van der Waals surface area contributed by atoms with E-state index in [2.05, 4.69) is 34.1 Å². The van der Waals surface area contributed by atoms with Gasteiger partial charge in [0.05, 0.1) is 12.6 Å². The molecule has 0 radical (unpaired) electrons. The molecule has 2 heterocycles. The van der Waals surface area contributed by atoms with Crippen LogP contribution in [0.5, 0.6) is 0 Å². The summed E-state index contributed by atoms with van der Waals surface area (Å²) in [4.78, 5) is 17.2. The molecule has 23 heavy (non-hydrogen) atoms. The maximum Gasteiger partial charge on any atom is 0.239 e. The minimum Gasteiger partial charge on any atom is -0.380 e. The average Bonchev–Trinajstić information content (AvgIpc) is 3.05. The number of hydrogen-bond donors (Lipinski definition) is 0. The van der Waals surface area contributed by atoms with Crippen LogP contribution >= 0.6 is 11.8 Å². The summed E-state index contributed by atoms with van der Waals surface area (Å²) in [5.74, 6) is 2.51. The van der Waals surface area contributed by atoms with Gasteiger partial charge in [-0.25, -0.2) is 0 Å². The Kier molecular flexibility index (Phi) is 5.97. The maximum atomic E-state index is 12.8. The van der Waals surface area contributed by atoms with E-state index in [-0.39, 0.29) is 6.04 Å². The Morgan fingerprint density at radius 2 is 1.87 bits per heavy atom. The number of nitrogens with zero attached hydrogens (tertiary/aromatic N) is 2. The Labute approximate surface area is 143 Å². The topological polar surface area (TPSA) is 32.8 Å². The van der Waals surface area contributed by atoms with Gasteiger partial charge in [0, 0.05) is 38.2 Å². The Hall–Kier alpha value is -1.04. The molecule has 2 fully saturated rings. The average molecular weight is 334 g/mol. The Bertz CT molecular complexity index is 514. The molecule has 2 saturated heterocycles. The predicted octanol–water partition coefficient (Wildman–Crippen LogP) is 2.37. The Morgan fingerprint density at radius 3 is 2.57 bits per heavy atom. The van der Waals surface area contributed by atoms with Crippen LogP contribution in [0, 0.1) is 0 Å². The van der Waals surface area contributed by atoms with Gasteiger partial charge in [-0.1, -0.05) is 24.3 Å². The zero-order valence-electron chi connectivity index (χ0n) is 13.9. The van der Waals surface area contributed by atoms with Crippen molar-refractivity contribution in [3.05, 3.63) is 35.4 Å². The van der Waals surface area contributed by atoms with Gasteiger partial charge in [0.2, 0.25) is 5.91 Å². The number of hydrogen-bond acceptors (Lipinski definition) is 4. The SMILES string of the molecule is COCc1ccc(CN2CCC[C@H]2C(=O)N2CCSCC2)cc1. The normalized spacial score (nSPS) is 22.5. The lowest BCUT2D eigenvalue weighted by Gasteiger charge is -2.32. The lowest BCUT2D eigenvalue weighted by molar-refractivity contribution is -0.135. The van der Waals surface area contributed by atoms with Gasteiger partial charge in [0.25, 0.3) is 0 Å². The minimum atomic E-state index is 0.0803. The fraction of sp³-hybridized carbons (Fsp3) is 0.611. The van der Waals surface area contributed by atoms with Crippen molar-refractivity contribution in [2.45, 2.75) is 32.0 Å². The van der Waals surface area contributed by atoms with Gasteiger partial charge in [-0.15, -0.1) is 0 Å². The number of carbonyl (C=O) groups is 1. The van der Waals surface area contributed by atoms with Crippen LogP contribution in [0.15, 0.2) is 24.3 Å². The summed E-state index contributed by atoms with van der Waals surface area (Å²) in [5.41, 5.74) is 2.47. The van der Waals surface area contributed by atoms with Crippen LogP contribution < -0.4 is 0 Å². The summed E-state index contributed by atoms with van der Waals surface area (Å²) >= 11 is 1.95. The quantitative estimate of drug-likeness (QED) is 0.828. The summed E-state index contributed by atoms with van der Waals surface area (Å²) < 4.78 is 5.15. The van der Waals surface area contributed by atoms with Crippen molar-refractivity contribution in [3.8, 4) is 0 Å². The molecule has 0 bridgehead atoms. The second-order valence-corrected chi connectivity index (χ2v) is 7.54. The molecule has 2 aliphatic rings. The first-order chi connectivity index (χ1) is 11.3. The van der Waals surface area contributed by atoms with Crippen molar-refractivity contribution in [2.24, 2.45) is 0 Å². The van der Waals surface area contributed by atoms with Gasteiger partial charge < -0.3 is 9.64 Å². The van der Waals surface area contributed by atoms with Gasteiger partial charge in [0.15, 0.2) is 0 Å². The third kappa shape index (κ3) is 4.28. The van der Waals surface area contributed by atoms with E-state index < -0.39 is 0 Å². The first kappa shape index (κ1) is 16.8. The zero-order chi connectivity index (χ0) is 16.1. The highest BCUT2D eigenvalue weighted by molar-refractivity contribution is 7.99. The van der Waals surface area contributed by atoms with E-state index in [4.69, 9.17) is 4.74 Å². The summed E-state index contributed by atoms with van der Waals surface area (Å²) in [6.07, 6.45) is 2.13. The van der Waals surface area contributed by atoms with Gasteiger partial charge in [-0.2, -0.15) is 11.8 Å². The third-order valence-electron chi connectivity index (χ3n) is 4.69. The zero-order valence-corrected chi connectivity index (χ0v) is 14.7. The van der Waals surface area contributed by atoms with Crippen molar-refractivity contribution in [2.75, 3.05) is 38.2 Å². The van der Waals surface area contributed by atoms with Crippen LogP contribution in [0.2, 0.25) is 0 Å². The number of amides is 1. The first-order valence-electron chi connectivity index (χ1n) is 8.45. The molecule has 4 nitrogen and oxygen atoms in total. The van der Waals surface area contributed by atoms with Gasteiger partial charge in [0.1, 0.15) is 0 Å². The Balaban J connectivity index is 1.60. The molecular weight excluding hydrogens is 308 g/mol. The van der Waals surface area contributed by atoms with Crippen LogP contribution in [0.4, 0.5) is 0 Å². The number of methoxy groups -OCH3 is 1. The molecule has 3 rings (SSSR count). The summed E-state index contributed by atoms with van der Waals surface area (Å²) in [6.45, 7) is 4.38. The van der Waals surface area contributed by atoms with E-state index in [1.807, 2.05) is 11.8 Å². The first-order valence-corrected chi connectivity index (χ1v) is 9.61. The highest BCUT2D eigenvalue weighted by Crippen LogP contribution is 2.23. The van der Waals surface area contributed by atoms with Crippen molar-refractivity contribution in [1.29, 1.82) is 0 Å². The summed E-state index contributed by atoms with van der Waals surface area (Å²) in [6, 6.07) is 8.63. The molecule has 0 unspecified atom stereocenters. The summed E-state index contributed by atoms with van der Waals surface area (Å²) in [7, 11) is 1.72. The van der Waals surface area contributed by atoms with Crippen LogP contribution in [0.3, 0.4) is 0 Å². The van der Waals surface area contributed by atoms with E-state index in [9.17, 15) is 4.79 Å². The van der Waals surface area contributed by atoms with Gasteiger partial charge in [-0.05, 0) is 30.5 Å². The van der Waals surface area contributed by atoms with Crippen LogP contribution in [-0.2, 0) is 22.7 Å². The molecule has 1 atom stereocenters. The van der Waals surface area contributed by atoms with Crippen LogP contribution in [-0.4, -0.2) is 60.0 Å². The van der Waals surface area contributed by atoms with Crippen molar-refractivity contribution in [3.63, 3.8) is 0 Å². The van der Waals surface area contributed by atoms with Crippen molar-refractivity contribution in [1.82, 2.24) is 9.80 Å². The highest BCUT2D eigenvalue weighted by Gasteiger charge is 2.33. The molecule has 5 heteroatoms. The maximum absolute atomic E-state index is 12.8. The van der Waals surface area contributed by atoms with E-state index in [0.717, 1.165) is 50.5 Å². The largest absolute Gasteiger partial charge is 0.380 e. The third-order valence-corrected chi connectivity index (χ3v) is 5.63. The van der Waals surface area contributed by atoms with Crippen molar-refractivity contribution >= 4 is 17.7 Å². The number of thioether (sulfide) groups is 1. The predicted molar refractivity (Wildman–Crippen MR) is 94.5 cm³/mol. The smallest absolute Gasteiger partial charge is 0.239 e. The van der Waals surface area contributed by atoms with E-state index in [1.165, 1.54) is 11.1 Å². The molecule has 0 N–H and O–H groups in total. The molecule has 0 spiro atoms. The van der Waals surface area contributed by atoms with Crippen molar-refractivity contribution < 1.29 is 9.53 Å². The molecule has 0 aromatic heterocycles. The molecule has 1 aromatic carbocycles. The van der Waals surface area contributed by atoms with Crippen LogP contribution in [0.1, 0.15) is 24.0 Å². The van der Waals surface area contributed by atoms with E-state index >= 15 is 0 Å². The number of likely N-dealkylation sites (tertiary alicyclic amines) is 1. The lowest BCUT2D eigenvalue weighted by Crippen LogP contribution is -2.48. The van der Waals surface area contributed by atoms with Gasteiger partial charge >= 0.3 is 0 Å². The Morgan fingerprint density at radius 1 is 1.17 bits per heavy atom. The molecule has 126 valence electrons. The number of carbonyl (C=O) groups excluding carboxylic acids is 1. The second kappa shape index (κ2) is 8.18. The molecule has 0 aliphatic carbocycles. The highest BCUT2D eigenvalue weighted by atomic mass is 32.2. The lowest BCUT2D eigenvalue weighted by atomic mass is 10.1. The monoisotopic (exact) mass is 334 g/mol.